The minimum Gasteiger partial charge on any atom is -0.511 e. The first-order valence-corrected chi connectivity index (χ1v) is 21.7. The summed E-state index contributed by atoms with van der Waals surface area (Å²) in [5, 5.41) is 37.6. The molecule has 3 fully saturated rings. The molecule has 1 spiro atoms. The average Bonchev–Trinajstić information content (AvgIpc) is 3.65. The van der Waals surface area contributed by atoms with E-state index in [9.17, 15) is 29.7 Å². The highest BCUT2D eigenvalue weighted by Crippen LogP contribution is 2.61. The number of rotatable bonds is 7. The molecule has 1 saturated carbocycles. The number of ether oxygens (including phenoxy) is 3. The van der Waals surface area contributed by atoms with Gasteiger partial charge in [-0.3, -0.25) is 9.59 Å². The first-order valence-electron chi connectivity index (χ1n) is 20.9. The topological polar surface area (TPSA) is 184 Å². The fraction of sp³-hybridized carbons (Fsp3) is 0.600. The highest BCUT2D eigenvalue weighted by molar-refractivity contribution is 6.36. The number of aliphatic hydroxyl groups is 2. The Morgan fingerprint density at radius 2 is 1.85 bits per heavy atom. The monoisotopic (exact) mass is 854 g/mol. The van der Waals surface area contributed by atoms with Gasteiger partial charge in [-0.15, -0.1) is 0 Å². The lowest BCUT2D eigenvalue weighted by Gasteiger charge is -2.55. The number of Topliss-reactive ketones (excluding diaryl/α,β-unsaturated/α-hetero) is 1. The molecule has 5 N–H and O–H groups in total. The van der Waals surface area contributed by atoms with E-state index in [1.165, 1.54) is 6.07 Å². The molecule has 12 nitrogen and oxygen atoms in total. The largest absolute Gasteiger partial charge is 0.511 e. The minimum atomic E-state index is -1.75. The van der Waals surface area contributed by atoms with Crippen LogP contribution in [0, 0.1) is 40.4 Å². The lowest BCUT2D eigenvalue weighted by Crippen LogP contribution is -2.58. The fourth-order valence-electron chi connectivity index (χ4n) is 11.4. The summed E-state index contributed by atoms with van der Waals surface area (Å²) in [4.78, 5) is 57.7. The molecule has 1 aromatic rings. The third kappa shape index (κ3) is 7.24. The zero-order valence-corrected chi connectivity index (χ0v) is 35.9. The van der Waals surface area contributed by atoms with Gasteiger partial charge in [-0.1, -0.05) is 86.0 Å². The summed E-state index contributed by atoms with van der Waals surface area (Å²) < 4.78 is 19.4. The van der Waals surface area contributed by atoms with Gasteiger partial charge in [0, 0.05) is 29.7 Å². The Labute approximate surface area is 355 Å². The van der Waals surface area contributed by atoms with Crippen LogP contribution in [0.2, 0.25) is 10.2 Å². The maximum atomic E-state index is 15.2. The van der Waals surface area contributed by atoms with Gasteiger partial charge in [0.25, 0.3) is 5.91 Å². The van der Waals surface area contributed by atoms with Crippen molar-refractivity contribution in [3.8, 4) is 0 Å². The van der Waals surface area contributed by atoms with E-state index in [0.29, 0.717) is 32.1 Å². The number of allylic oxidation sites excluding steroid dienone is 5. The zero-order valence-electron chi connectivity index (χ0n) is 34.4. The molecule has 2 aliphatic heterocycles. The summed E-state index contributed by atoms with van der Waals surface area (Å²) in [7, 11) is 0. The summed E-state index contributed by atoms with van der Waals surface area (Å²) in [5.41, 5.74) is -3.32. The number of carbonyl (C=O) groups is 4. The van der Waals surface area contributed by atoms with Crippen molar-refractivity contribution < 1.29 is 48.7 Å². The van der Waals surface area contributed by atoms with Gasteiger partial charge in [-0.25, -0.2) is 9.59 Å². The van der Waals surface area contributed by atoms with Gasteiger partial charge in [0.15, 0.2) is 11.9 Å². The second kappa shape index (κ2) is 16.3. The lowest BCUT2D eigenvalue weighted by molar-refractivity contribution is -0.258. The predicted octanol–water partition coefficient (Wildman–Crippen LogP) is 7.97. The van der Waals surface area contributed by atoms with Crippen LogP contribution >= 0.6 is 23.2 Å². The van der Waals surface area contributed by atoms with E-state index in [0.717, 1.165) is 12.0 Å². The predicted molar refractivity (Wildman–Crippen MR) is 220 cm³/mol. The number of ketones is 1. The van der Waals surface area contributed by atoms with E-state index in [-0.39, 0.29) is 69.3 Å². The second-order valence-corrected chi connectivity index (χ2v) is 18.6. The number of carboxylic acid groups (broad SMARTS) is 1. The van der Waals surface area contributed by atoms with Crippen molar-refractivity contribution in [2.45, 2.75) is 129 Å². The molecule has 1 aromatic heterocycles. The van der Waals surface area contributed by atoms with Crippen LogP contribution in [-0.4, -0.2) is 80.2 Å². The minimum absolute atomic E-state index is 0.0225. The number of aliphatic hydroxyl groups excluding tert-OH is 2. The molecule has 0 aromatic carbocycles. The Hall–Kier alpha value is -3.68. The van der Waals surface area contributed by atoms with E-state index in [1.807, 2.05) is 26.8 Å². The maximum absolute atomic E-state index is 15.2. The molecule has 1 amide bonds. The Morgan fingerprint density at radius 3 is 2.49 bits per heavy atom. The number of amides is 1. The third-order valence-corrected chi connectivity index (χ3v) is 14.9. The Kier molecular flexibility index (Phi) is 12.0. The average molecular weight is 856 g/mol. The van der Waals surface area contributed by atoms with Crippen molar-refractivity contribution >= 4 is 46.8 Å². The molecule has 320 valence electrons. The number of nitrogens with one attached hydrogen (secondary N) is 2. The number of fused-ring (bicyclic) bond motifs is 4. The van der Waals surface area contributed by atoms with E-state index in [4.69, 9.17) is 37.4 Å². The first kappa shape index (κ1) is 43.4. The summed E-state index contributed by atoms with van der Waals surface area (Å²) in [6, 6.07) is 0.664. The van der Waals surface area contributed by atoms with E-state index < -0.39 is 76.6 Å². The number of halogens is 2. The summed E-state index contributed by atoms with van der Waals surface area (Å²) in [6.07, 6.45) is 12.3. The van der Waals surface area contributed by atoms with Crippen LogP contribution in [0.1, 0.15) is 103 Å². The SMILES string of the molecule is CC[C@H]1C[C@]23OC(=O)C(=C(O)[C@@]4(CC)[C@@H]5CC[C@H](C)[C@H](O[C@H]6C[C@@H](O)[C@H](NC(=O)c7[nH]c(Cl)cc7Cl)[C@@H](C)O6)[C@H]5C=C[C@H]4C/C=C\C/C(C)=C\[C@@]2(C)C=C1C(=O)O)C3=O. The van der Waals surface area contributed by atoms with Crippen LogP contribution < -0.4 is 5.32 Å². The number of aromatic nitrogens is 1. The molecule has 59 heavy (non-hydrogen) atoms. The summed E-state index contributed by atoms with van der Waals surface area (Å²) in [6.45, 7) is 11.4. The van der Waals surface area contributed by atoms with Crippen LogP contribution in [0.5, 0.6) is 0 Å². The maximum Gasteiger partial charge on any atom is 0.346 e. The van der Waals surface area contributed by atoms with Gasteiger partial charge in [-0.05, 0) is 89.0 Å². The third-order valence-electron chi connectivity index (χ3n) is 14.4. The smallest absolute Gasteiger partial charge is 0.346 e. The molecule has 13 atom stereocenters. The van der Waals surface area contributed by atoms with Crippen LogP contribution in [0.4, 0.5) is 0 Å². The van der Waals surface area contributed by atoms with Crippen molar-refractivity contribution in [1.82, 2.24) is 10.3 Å². The van der Waals surface area contributed by atoms with Crippen LogP contribution in [0.3, 0.4) is 0 Å². The first-order chi connectivity index (χ1) is 27.9. The number of carboxylic acids is 1. The van der Waals surface area contributed by atoms with Gasteiger partial charge in [0.05, 0.1) is 34.8 Å². The Bertz CT molecular complexity index is 2040. The highest BCUT2D eigenvalue weighted by Gasteiger charge is 2.67. The Balaban J connectivity index is 1.23. The van der Waals surface area contributed by atoms with Gasteiger partial charge < -0.3 is 39.8 Å². The second-order valence-electron chi connectivity index (χ2n) is 17.8. The van der Waals surface area contributed by atoms with Crippen molar-refractivity contribution in [3.05, 3.63) is 80.9 Å². The highest BCUT2D eigenvalue weighted by atomic mass is 35.5. The standard InChI is InChI=1S/C45H56Cl2N2O10/c1-7-25-20-45-39(52)34(42(56)59-45)38(51)44(8-2)26(12-10-9-11-22(3)19-43(45,6)21-28(25)41(54)55)14-15-27-29(44)16-13-23(4)37(27)58-33-18-31(50)35(24(5)57-33)49-40(53)36-30(46)17-32(47)48-36/h9-10,14-15,17,19,21,23-27,29,31,33,35,37,48,50-51H,7-8,11-13,16,18,20H2,1-6H3,(H,49,53)(H,54,55)/b10-9-,22-19-,38-34?/t23-,24+,25-,26+,27-,29+,31+,33-,35+,37-,43-,44+,45+/m0/s1. The summed E-state index contributed by atoms with van der Waals surface area (Å²) in [5.74, 6) is -4.71. The van der Waals surface area contributed by atoms with Crippen molar-refractivity contribution in [2.24, 2.45) is 40.4 Å². The molecule has 2 bridgehead atoms. The number of hydrogen-bond donors (Lipinski definition) is 5. The van der Waals surface area contributed by atoms with Crippen molar-refractivity contribution in [2.75, 3.05) is 0 Å². The molecule has 14 heteroatoms. The number of esters is 1. The lowest BCUT2D eigenvalue weighted by atomic mass is 9.51. The van der Waals surface area contributed by atoms with Crippen LogP contribution in [-0.2, 0) is 28.6 Å². The number of aromatic amines is 1. The van der Waals surface area contributed by atoms with E-state index in [2.05, 4.69) is 41.5 Å². The molecule has 6 aliphatic rings. The summed E-state index contributed by atoms with van der Waals surface area (Å²) >= 11 is 12.2. The van der Waals surface area contributed by atoms with E-state index in [1.54, 1.807) is 19.9 Å². The van der Waals surface area contributed by atoms with Crippen molar-refractivity contribution in [3.63, 3.8) is 0 Å². The zero-order chi connectivity index (χ0) is 42.8. The molecular formula is C45H56Cl2N2O10. The molecule has 4 aliphatic carbocycles. The number of carbonyl (C=O) groups excluding carboxylic acids is 3. The number of aliphatic carboxylic acids is 1. The van der Waals surface area contributed by atoms with Gasteiger partial charge in [-0.2, -0.15) is 0 Å². The van der Waals surface area contributed by atoms with Crippen molar-refractivity contribution in [1.29, 1.82) is 0 Å². The van der Waals surface area contributed by atoms with E-state index >= 15 is 4.79 Å². The van der Waals surface area contributed by atoms with Gasteiger partial charge >= 0.3 is 11.9 Å². The quantitative estimate of drug-likeness (QED) is 0.102. The molecule has 2 saturated heterocycles. The van der Waals surface area contributed by atoms with Gasteiger partial charge in [0.1, 0.15) is 22.2 Å². The molecule has 3 heterocycles. The number of H-pyrrole nitrogens is 1. The van der Waals surface area contributed by atoms with Crippen LogP contribution in [0.15, 0.2) is 65.0 Å². The van der Waals surface area contributed by atoms with Crippen LogP contribution in [0.25, 0.3) is 0 Å². The number of hydrogen-bond acceptors (Lipinski definition) is 9. The normalized spacial score (nSPS) is 41.1. The molecule has 0 unspecified atom stereocenters. The Morgan fingerprint density at radius 1 is 1.10 bits per heavy atom. The molecular weight excluding hydrogens is 799 g/mol. The van der Waals surface area contributed by atoms with Gasteiger partial charge in [0.2, 0.25) is 5.78 Å². The molecule has 0 radical (unpaired) electrons. The molecule has 7 rings (SSSR count). The fourth-order valence-corrected chi connectivity index (χ4v) is 11.9.